The lowest BCUT2D eigenvalue weighted by molar-refractivity contribution is -0.135. The number of hydrogen-bond acceptors (Lipinski definition) is 6. The molecular formula is C9H11NO8P2+2. The van der Waals surface area contributed by atoms with Crippen molar-refractivity contribution in [2.45, 2.75) is 6.29 Å². The second-order valence-electron chi connectivity index (χ2n) is 3.24. The highest BCUT2D eigenvalue weighted by Gasteiger charge is 2.38. The number of methoxy groups -OCH3 is 1. The monoisotopic (exact) mass is 323 g/mol. The van der Waals surface area contributed by atoms with Crippen molar-refractivity contribution in [2.75, 3.05) is 12.4 Å². The molecule has 1 rings (SSSR count). The van der Waals surface area contributed by atoms with Gasteiger partial charge in [-0.25, -0.2) is 0 Å². The van der Waals surface area contributed by atoms with Gasteiger partial charge in [-0.2, -0.15) is 0 Å². The van der Waals surface area contributed by atoms with Crippen molar-refractivity contribution in [3.8, 4) is 5.75 Å². The van der Waals surface area contributed by atoms with Gasteiger partial charge in [0.25, 0.3) is 5.91 Å². The van der Waals surface area contributed by atoms with E-state index in [-0.39, 0.29) is 0 Å². The van der Waals surface area contributed by atoms with Crippen LogP contribution in [-0.2, 0) is 23.0 Å². The maximum Gasteiger partial charge on any atom is 0.698 e. The van der Waals surface area contributed by atoms with Crippen LogP contribution in [0.15, 0.2) is 24.3 Å². The molecule has 20 heavy (non-hydrogen) atoms. The second kappa shape index (κ2) is 7.96. The fourth-order valence-corrected chi connectivity index (χ4v) is 1.83. The molecule has 11 heteroatoms. The standard InChI is InChI=1S/C9H9NO8P2/c1-16-7-4-2-6(3-5-7)10-8(11)9(17-19(12)13)18-20(14)15/h2-5,9H,1H3,(H-2,10,11,12,13,14,15)/p+2. The van der Waals surface area contributed by atoms with Crippen LogP contribution in [0.1, 0.15) is 0 Å². The van der Waals surface area contributed by atoms with E-state index in [1.54, 1.807) is 12.1 Å². The van der Waals surface area contributed by atoms with Gasteiger partial charge < -0.3 is 10.1 Å². The smallest absolute Gasteiger partial charge is 0.497 e. The molecule has 0 saturated heterocycles. The fraction of sp³-hybridized carbons (Fsp3) is 0.222. The van der Waals surface area contributed by atoms with Gasteiger partial charge in [0.2, 0.25) is 0 Å². The van der Waals surface area contributed by atoms with Crippen LogP contribution in [-0.4, -0.2) is 29.1 Å². The fourth-order valence-electron chi connectivity index (χ4n) is 1.15. The molecular weight excluding hydrogens is 312 g/mol. The Labute approximate surface area is 115 Å². The molecule has 0 aliphatic carbocycles. The molecule has 1 amide bonds. The summed E-state index contributed by atoms with van der Waals surface area (Å²) in [6.45, 7) is 0. The maximum atomic E-state index is 11.7. The van der Waals surface area contributed by atoms with Crippen LogP contribution >= 0.6 is 16.5 Å². The minimum Gasteiger partial charge on any atom is -0.497 e. The van der Waals surface area contributed by atoms with Gasteiger partial charge in [-0.05, 0) is 24.3 Å². The van der Waals surface area contributed by atoms with Gasteiger partial charge in [-0.1, -0.05) is 9.05 Å². The van der Waals surface area contributed by atoms with Crippen LogP contribution in [0.4, 0.5) is 5.69 Å². The summed E-state index contributed by atoms with van der Waals surface area (Å²) in [4.78, 5) is 28.8. The molecule has 1 aromatic carbocycles. The Kier molecular flexibility index (Phi) is 6.60. The summed E-state index contributed by atoms with van der Waals surface area (Å²) in [5.41, 5.74) is 0.314. The Morgan fingerprint density at radius 3 is 2.05 bits per heavy atom. The molecule has 3 N–H and O–H groups in total. The molecule has 0 heterocycles. The third kappa shape index (κ3) is 5.66. The molecule has 9 nitrogen and oxygen atoms in total. The SMILES string of the molecule is COc1ccc(NC(=O)C(O[P+](=O)O)O[P+](=O)O)cc1. The summed E-state index contributed by atoms with van der Waals surface area (Å²) in [5, 5.41) is 2.28. The molecule has 0 aliphatic rings. The van der Waals surface area contributed by atoms with E-state index in [2.05, 4.69) is 14.4 Å². The second-order valence-corrected chi connectivity index (χ2v) is 4.61. The van der Waals surface area contributed by atoms with E-state index < -0.39 is 28.7 Å². The number of hydrogen-bond donors (Lipinski definition) is 3. The first-order valence-corrected chi connectivity index (χ1v) is 7.29. The highest BCUT2D eigenvalue weighted by atomic mass is 31.1. The predicted octanol–water partition coefficient (Wildman–Crippen LogP) is 1.29. The highest BCUT2D eigenvalue weighted by molar-refractivity contribution is 7.33. The quantitative estimate of drug-likeness (QED) is 0.505. The van der Waals surface area contributed by atoms with Crippen molar-refractivity contribution >= 4 is 28.1 Å². The summed E-state index contributed by atoms with van der Waals surface area (Å²) >= 11 is 0. The van der Waals surface area contributed by atoms with Crippen LogP contribution < -0.4 is 10.1 Å². The lowest BCUT2D eigenvalue weighted by atomic mass is 10.3. The third-order valence-corrected chi connectivity index (χ3v) is 2.69. The lowest BCUT2D eigenvalue weighted by Gasteiger charge is -2.07. The van der Waals surface area contributed by atoms with Crippen molar-refractivity contribution in [3.05, 3.63) is 24.3 Å². The Balaban J connectivity index is 2.73. The van der Waals surface area contributed by atoms with Gasteiger partial charge in [0.1, 0.15) is 5.75 Å². The van der Waals surface area contributed by atoms with Crippen molar-refractivity contribution < 1.29 is 37.5 Å². The number of carbonyl (C=O) groups excluding carboxylic acids is 1. The van der Waals surface area contributed by atoms with Gasteiger partial charge in [-0.15, -0.1) is 9.79 Å². The van der Waals surface area contributed by atoms with Gasteiger partial charge in [0.15, 0.2) is 0 Å². The number of carbonyl (C=O) groups is 1. The number of ether oxygens (including phenoxy) is 1. The summed E-state index contributed by atoms with van der Waals surface area (Å²) < 4.78 is 34.3. The number of rotatable bonds is 7. The van der Waals surface area contributed by atoms with Crippen LogP contribution in [0, 0.1) is 0 Å². The van der Waals surface area contributed by atoms with Gasteiger partial charge in [-0.3, -0.25) is 4.79 Å². The first-order chi connectivity index (χ1) is 9.42. The zero-order valence-electron chi connectivity index (χ0n) is 10.1. The topological polar surface area (TPSA) is 131 Å². The molecule has 2 atom stereocenters. The minimum absolute atomic E-state index is 0.314. The zero-order chi connectivity index (χ0) is 15.1. The van der Waals surface area contributed by atoms with E-state index in [1.807, 2.05) is 0 Å². The summed E-state index contributed by atoms with van der Waals surface area (Å²) in [5.74, 6) is -0.450. The van der Waals surface area contributed by atoms with Crippen molar-refractivity contribution in [1.82, 2.24) is 0 Å². The van der Waals surface area contributed by atoms with Gasteiger partial charge in [0.05, 0.1) is 7.11 Å². The highest BCUT2D eigenvalue weighted by Crippen LogP contribution is 2.27. The number of benzene rings is 1. The Morgan fingerprint density at radius 1 is 1.15 bits per heavy atom. The third-order valence-electron chi connectivity index (χ3n) is 1.94. The molecule has 2 unspecified atom stereocenters. The van der Waals surface area contributed by atoms with E-state index >= 15 is 0 Å². The first kappa shape index (κ1) is 16.6. The molecule has 1 aromatic rings. The van der Waals surface area contributed by atoms with Gasteiger partial charge in [0, 0.05) is 14.8 Å². The number of amides is 1. The molecule has 0 bridgehead atoms. The Hall–Kier alpha value is -1.47. The molecule has 0 saturated carbocycles. The van der Waals surface area contributed by atoms with Crippen molar-refractivity contribution in [1.29, 1.82) is 0 Å². The predicted molar refractivity (Wildman–Crippen MR) is 67.2 cm³/mol. The van der Waals surface area contributed by atoms with E-state index in [9.17, 15) is 13.9 Å². The molecule has 108 valence electrons. The number of nitrogens with one attached hydrogen (secondary N) is 1. The van der Waals surface area contributed by atoms with Crippen LogP contribution in [0.3, 0.4) is 0 Å². The molecule has 0 aromatic heterocycles. The lowest BCUT2D eigenvalue weighted by Crippen LogP contribution is -2.29. The molecule has 0 spiro atoms. The number of anilines is 1. The van der Waals surface area contributed by atoms with E-state index in [1.165, 1.54) is 19.2 Å². The summed E-state index contributed by atoms with van der Waals surface area (Å²) in [6.07, 6.45) is -1.99. The van der Waals surface area contributed by atoms with Gasteiger partial charge >= 0.3 is 22.8 Å². The summed E-state index contributed by atoms with van der Waals surface area (Å²) in [6, 6.07) is 6.11. The first-order valence-electron chi connectivity index (χ1n) is 5.03. The minimum atomic E-state index is -3.18. The van der Waals surface area contributed by atoms with Crippen molar-refractivity contribution in [3.63, 3.8) is 0 Å². The van der Waals surface area contributed by atoms with Crippen molar-refractivity contribution in [2.24, 2.45) is 0 Å². The normalized spacial score (nSPS) is 13.3. The largest absolute Gasteiger partial charge is 0.698 e. The zero-order valence-corrected chi connectivity index (χ0v) is 11.9. The van der Waals surface area contributed by atoms with Crippen LogP contribution in [0.25, 0.3) is 0 Å². The molecule has 0 aliphatic heterocycles. The average Bonchev–Trinajstić information content (AvgIpc) is 2.37. The van der Waals surface area contributed by atoms with E-state index in [4.69, 9.17) is 14.5 Å². The van der Waals surface area contributed by atoms with E-state index in [0.717, 1.165) is 0 Å². The molecule has 0 radical (unpaired) electrons. The Morgan fingerprint density at radius 2 is 1.65 bits per heavy atom. The Bertz CT molecular complexity index is 489. The van der Waals surface area contributed by atoms with Crippen LogP contribution in [0.2, 0.25) is 0 Å². The van der Waals surface area contributed by atoms with Crippen LogP contribution in [0.5, 0.6) is 5.75 Å². The van der Waals surface area contributed by atoms with E-state index in [0.29, 0.717) is 11.4 Å². The average molecular weight is 323 g/mol. The molecule has 0 fully saturated rings. The summed E-state index contributed by atoms with van der Waals surface area (Å²) in [7, 11) is -4.89. The maximum absolute atomic E-state index is 11.7.